The van der Waals surface area contributed by atoms with E-state index in [1.807, 2.05) is 24.3 Å². The second kappa shape index (κ2) is 15.3. The van der Waals surface area contributed by atoms with E-state index in [1.54, 1.807) is 6.92 Å². The van der Waals surface area contributed by atoms with E-state index in [1.165, 1.54) is 35.2 Å². The van der Waals surface area contributed by atoms with E-state index < -0.39 is 47.5 Å². The monoisotopic (exact) mass is 773 g/mol. The van der Waals surface area contributed by atoms with Gasteiger partial charge < -0.3 is 35.0 Å². The summed E-state index contributed by atoms with van der Waals surface area (Å²) in [6.07, 6.45) is -10.8. The van der Waals surface area contributed by atoms with Crippen molar-refractivity contribution in [2.45, 2.75) is 63.3 Å². The van der Waals surface area contributed by atoms with Gasteiger partial charge in [0.05, 0.1) is 37.0 Å². The molecule has 0 radical (unpaired) electrons. The van der Waals surface area contributed by atoms with Gasteiger partial charge >= 0.3 is 12.4 Å². The number of pyridine rings is 1. The Labute approximate surface area is 310 Å². The molecule has 4 N–H and O–H groups in total. The number of carbonyl (C=O) groups is 1. The van der Waals surface area contributed by atoms with Crippen LogP contribution in [0, 0.1) is 5.82 Å². The first-order valence-corrected chi connectivity index (χ1v) is 17.9. The normalized spacial score (nSPS) is 18.3. The number of aromatic amines is 2. The van der Waals surface area contributed by atoms with E-state index in [9.17, 15) is 40.3 Å². The zero-order valence-corrected chi connectivity index (χ0v) is 29.6. The number of anilines is 1. The fourth-order valence-electron chi connectivity index (χ4n) is 7.76. The molecular weight excluding hydrogens is 735 g/mol. The molecule has 55 heavy (non-hydrogen) atoms. The van der Waals surface area contributed by atoms with Crippen molar-refractivity contribution in [3.8, 4) is 11.3 Å². The van der Waals surface area contributed by atoms with Crippen LogP contribution in [-0.4, -0.2) is 73.1 Å². The quantitative estimate of drug-likeness (QED) is 0.0787. The van der Waals surface area contributed by atoms with Gasteiger partial charge in [0.15, 0.2) is 6.10 Å². The molecular formula is C39H38F7N5O4. The standard InChI is InChI=1S/C39H38F7N5O4/c1-21-2-9-32(51(21)25-7-8-30-27(18-25)29(38(41,42)43)19-33(52)49-30)36(39(44,45)46)55-15-14-54-13-12-47-20-22-3-5-23(6-4-22)35-26-10-11-48-37(53)28-16-24(40)17-31(50-35)34(26)28/h3-8,16-19,21,32,36,47,50H,2,9-15,20H2,1H3,(H,48,53)(H,49,52)/t21-,32+,36?/m0/s1. The van der Waals surface area contributed by atoms with Crippen molar-refractivity contribution < 1.29 is 45.0 Å². The van der Waals surface area contributed by atoms with Crippen LogP contribution in [0.2, 0.25) is 0 Å². The van der Waals surface area contributed by atoms with Gasteiger partial charge in [-0.25, -0.2) is 4.39 Å². The number of aromatic nitrogens is 2. The number of hydrogen-bond donors (Lipinski definition) is 4. The van der Waals surface area contributed by atoms with Crippen molar-refractivity contribution in [2.75, 3.05) is 37.8 Å². The average molecular weight is 774 g/mol. The van der Waals surface area contributed by atoms with Gasteiger partial charge in [-0.05, 0) is 73.2 Å². The summed E-state index contributed by atoms with van der Waals surface area (Å²) in [5.74, 6) is -0.805. The summed E-state index contributed by atoms with van der Waals surface area (Å²) in [5, 5.41) is 6.45. The van der Waals surface area contributed by atoms with Crippen LogP contribution >= 0.6 is 0 Å². The van der Waals surface area contributed by atoms with Gasteiger partial charge in [0.2, 0.25) is 5.56 Å². The molecule has 4 heterocycles. The Bertz CT molecular complexity index is 2250. The molecule has 1 fully saturated rings. The SMILES string of the molecule is C[C@H]1CC[C@H](C(OCCOCCNCc2ccc(-c3[nH]c4cc(F)cc5c4c3CCNC5=O)cc2)C(F)(F)F)N1c1ccc2[nH]c(=O)cc(C(F)(F)F)c2c1. The predicted octanol–water partition coefficient (Wildman–Crippen LogP) is 7.23. The van der Waals surface area contributed by atoms with E-state index in [2.05, 4.69) is 20.6 Å². The number of fused-ring (bicyclic) bond motifs is 1. The summed E-state index contributed by atoms with van der Waals surface area (Å²) in [6, 6.07) is 13.1. The maximum atomic E-state index is 14.4. The number of halogens is 7. The van der Waals surface area contributed by atoms with Crippen LogP contribution < -0.4 is 21.1 Å². The maximum Gasteiger partial charge on any atom is 0.417 e. The predicted molar refractivity (Wildman–Crippen MR) is 193 cm³/mol. The summed E-state index contributed by atoms with van der Waals surface area (Å²) >= 11 is 0. The third-order valence-electron chi connectivity index (χ3n) is 10.2. The van der Waals surface area contributed by atoms with Gasteiger partial charge in [0, 0.05) is 64.9 Å². The Kier molecular flexibility index (Phi) is 10.7. The molecule has 1 saturated heterocycles. The number of nitrogens with zero attached hydrogens (tertiary/aromatic N) is 1. The molecule has 0 saturated carbocycles. The molecule has 5 aromatic rings. The van der Waals surface area contributed by atoms with Gasteiger partial charge in [-0.15, -0.1) is 0 Å². The first kappa shape index (κ1) is 38.3. The Morgan fingerprint density at radius 2 is 1.69 bits per heavy atom. The van der Waals surface area contributed by atoms with Crippen molar-refractivity contribution in [3.63, 3.8) is 0 Å². The second-order valence-corrected chi connectivity index (χ2v) is 13.9. The number of hydrogen-bond acceptors (Lipinski definition) is 6. The van der Waals surface area contributed by atoms with E-state index in [0.29, 0.717) is 49.6 Å². The topological polar surface area (TPSA) is 111 Å². The van der Waals surface area contributed by atoms with Crippen LogP contribution in [0.3, 0.4) is 0 Å². The van der Waals surface area contributed by atoms with Crippen molar-refractivity contribution in [1.29, 1.82) is 0 Å². The minimum Gasteiger partial charge on any atom is -0.378 e. The zero-order chi connectivity index (χ0) is 39.1. The fourth-order valence-corrected chi connectivity index (χ4v) is 7.76. The zero-order valence-electron chi connectivity index (χ0n) is 29.6. The number of benzene rings is 3. The molecule has 3 atom stereocenters. The van der Waals surface area contributed by atoms with Gasteiger partial charge in [-0.3, -0.25) is 9.59 Å². The summed E-state index contributed by atoms with van der Waals surface area (Å²) in [6.45, 7) is 2.79. The highest BCUT2D eigenvalue weighted by atomic mass is 19.4. The lowest BCUT2D eigenvalue weighted by molar-refractivity contribution is -0.228. The highest BCUT2D eigenvalue weighted by molar-refractivity contribution is 6.10. The first-order valence-electron chi connectivity index (χ1n) is 17.9. The number of ether oxygens (including phenoxy) is 2. The van der Waals surface area contributed by atoms with Gasteiger partial charge in [0.1, 0.15) is 5.82 Å². The molecule has 2 aliphatic rings. The van der Waals surface area contributed by atoms with Crippen molar-refractivity contribution >= 4 is 33.4 Å². The maximum absolute atomic E-state index is 14.4. The van der Waals surface area contributed by atoms with Crippen molar-refractivity contribution in [3.05, 3.63) is 99.1 Å². The number of alkyl halides is 6. The minimum atomic E-state index is -4.84. The molecule has 7 rings (SSSR count). The minimum absolute atomic E-state index is 0.0716. The number of amides is 1. The Hall–Kier alpha value is -4.93. The second-order valence-electron chi connectivity index (χ2n) is 13.9. The summed E-state index contributed by atoms with van der Waals surface area (Å²) < 4.78 is 110. The van der Waals surface area contributed by atoms with Crippen LogP contribution in [0.4, 0.5) is 36.4 Å². The molecule has 0 spiro atoms. The molecule has 1 amide bonds. The highest BCUT2D eigenvalue weighted by Gasteiger charge is 2.50. The molecule has 2 aliphatic heterocycles. The molecule has 9 nitrogen and oxygen atoms in total. The average Bonchev–Trinajstić information content (AvgIpc) is 3.63. The Morgan fingerprint density at radius 1 is 0.909 bits per heavy atom. The van der Waals surface area contributed by atoms with E-state index in [-0.39, 0.29) is 48.7 Å². The molecule has 2 aromatic heterocycles. The lowest BCUT2D eigenvalue weighted by Gasteiger charge is -2.36. The van der Waals surface area contributed by atoms with Crippen LogP contribution in [0.15, 0.2) is 65.5 Å². The largest absolute Gasteiger partial charge is 0.417 e. The summed E-state index contributed by atoms with van der Waals surface area (Å²) in [7, 11) is 0. The molecule has 292 valence electrons. The van der Waals surface area contributed by atoms with E-state index in [4.69, 9.17) is 9.47 Å². The molecule has 0 aliphatic carbocycles. The van der Waals surface area contributed by atoms with Crippen LogP contribution in [0.1, 0.15) is 46.8 Å². The van der Waals surface area contributed by atoms with Gasteiger partial charge in [-0.1, -0.05) is 24.3 Å². The van der Waals surface area contributed by atoms with E-state index in [0.717, 1.165) is 27.8 Å². The van der Waals surface area contributed by atoms with Crippen molar-refractivity contribution in [1.82, 2.24) is 20.6 Å². The Morgan fingerprint density at radius 3 is 2.44 bits per heavy atom. The van der Waals surface area contributed by atoms with Gasteiger partial charge in [-0.2, -0.15) is 26.3 Å². The lowest BCUT2D eigenvalue weighted by Crippen LogP contribution is -2.50. The number of H-pyrrole nitrogens is 2. The molecule has 1 unspecified atom stereocenters. The molecule has 0 bridgehead atoms. The number of carbonyl (C=O) groups excluding carboxylic acids is 1. The first-order chi connectivity index (χ1) is 26.2. The third-order valence-corrected chi connectivity index (χ3v) is 10.2. The van der Waals surface area contributed by atoms with Gasteiger partial charge in [0.25, 0.3) is 5.91 Å². The highest BCUT2D eigenvalue weighted by Crippen LogP contribution is 2.41. The van der Waals surface area contributed by atoms with Crippen LogP contribution in [-0.2, 0) is 28.6 Å². The van der Waals surface area contributed by atoms with Crippen LogP contribution in [0.5, 0.6) is 0 Å². The number of nitrogens with one attached hydrogen (secondary N) is 4. The molecule has 3 aromatic carbocycles. The molecule has 16 heteroatoms. The van der Waals surface area contributed by atoms with Crippen molar-refractivity contribution in [2.24, 2.45) is 0 Å². The smallest absolute Gasteiger partial charge is 0.378 e. The lowest BCUT2D eigenvalue weighted by atomic mass is 9.99. The van der Waals surface area contributed by atoms with Crippen LogP contribution in [0.25, 0.3) is 33.1 Å². The summed E-state index contributed by atoms with van der Waals surface area (Å²) in [5.41, 5.74) is 2.48. The van der Waals surface area contributed by atoms with E-state index >= 15 is 0 Å². The third kappa shape index (κ3) is 8.07. The fraction of sp³-hybridized carbons (Fsp3) is 0.385. The Balaban J connectivity index is 0.916. The summed E-state index contributed by atoms with van der Waals surface area (Å²) in [4.78, 5) is 31.4. The number of rotatable bonds is 12.